The Hall–Kier alpha value is -9.88. The van der Waals surface area contributed by atoms with Gasteiger partial charge in [-0.1, -0.05) is 270 Å². The van der Waals surface area contributed by atoms with Gasteiger partial charge in [0, 0.05) is 10.8 Å². The summed E-state index contributed by atoms with van der Waals surface area (Å²) in [4.78, 5) is 0. The molecule has 0 aromatic heterocycles. The summed E-state index contributed by atoms with van der Waals surface area (Å²) in [6, 6.07) is 105. The molecule has 0 saturated heterocycles. The number of rotatable bonds is 8. The van der Waals surface area contributed by atoms with Crippen LogP contribution in [0.5, 0.6) is 0 Å². The van der Waals surface area contributed by atoms with E-state index in [4.69, 9.17) is 0 Å². The standard InChI is InChI=1S/C82H58/c1-81(2)75-31-19-17-29-61(75)73-47-57(35-43-77(73)81)69-49-71(59-37-33-55(51-21-9-5-10-22-51)45-67(59)53-25-13-7-14-26-53)65-42-40-64-70(58-36-44-78-74(48-58)62-30-18-20-32-76(62)82(78,3)4)50-72(66-41-39-63(69)79(65)80(64)66)60-38-34-56(52-23-11-6-12-24-52)46-68(60)54-27-15-8-16-28-54/h5-50H,1-4H3. The van der Waals surface area contributed by atoms with Crippen LogP contribution in [0.2, 0.25) is 0 Å². The lowest BCUT2D eigenvalue weighted by Crippen LogP contribution is -2.14. The molecule has 16 rings (SSSR count). The first-order valence-electron chi connectivity index (χ1n) is 29.0. The highest BCUT2D eigenvalue weighted by molar-refractivity contribution is 6.32. The van der Waals surface area contributed by atoms with E-state index in [0.717, 1.165) is 0 Å². The van der Waals surface area contributed by atoms with E-state index in [1.165, 1.54) is 166 Å². The van der Waals surface area contributed by atoms with Gasteiger partial charge in [-0.05, 0) is 202 Å². The topological polar surface area (TPSA) is 0 Å². The van der Waals surface area contributed by atoms with Gasteiger partial charge in [-0.2, -0.15) is 0 Å². The molecule has 0 nitrogen and oxygen atoms in total. The second kappa shape index (κ2) is 18.3. The third kappa shape index (κ3) is 7.31. The Bertz CT molecular complexity index is 4550. The molecule has 82 heavy (non-hydrogen) atoms. The van der Waals surface area contributed by atoms with E-state index >= 15 is 0 Å². The Balaban J connectivity index is 1.04. The van der Waals surface area contributed by atoms with E-state index in [2.05, 4.69) is 307 Å². The minimum absolute atomic E-state index is 0.108. The molecule has 0 aliphatic heterocycles. The van der Waals surface area contributed by atoms with Gasteiger partial charge in [-0.15, -0.1) is 0 Å². The zero-order chi connectivity index (χ0) is 54.8. The molecule has 2 aliphatic carbocycles. The maximum atomic E-state index is 2.52. The van der Waals surface area contributed by atoms with E-state index in [1.807, 2.05) is 0 Å². The maximum absolute atomic E-state index is 2.52. The molecule has 0 N–H and O–H groups in total. The average Bonchev–Trinajstić information content (AvgIpc) is 3.52. The Morgan fingerprint density at radius 1 is 0.171 bits per heavy atom. The lowest BCUT2D eigenvalue weighted by atomic mass is 9.79. The van der Waals surface area contributed by atoms with Crippen LogP contribution in [0.25, 0.3) is 144 Å². The van der Waals surface area contributed by atoms with Crippen molar-refractivity contribution in [2.24, 2.45) is 0 Å². The predicted octanol–water partition coefficient (Wildman–Crippen LogP) is 22.5. The molecule has 0 bridgehead atoms. The van der Waals surface area contributed by atoms with Crippen LogP contribution in [-0.2, 0) is 10.8 Å². The minimum Gasteiger partial charge on any atom is -0.0622 e. The van der Waals surface area contributed by atoms with Crippen LogP contribution in [0.4, 0.5) is 0 Å². The minimum atomic E-state index is -0.108. The van der Waals surface area contributed by atoms with Gasteiger partial charge in [0.05, 0.1) is 0 Å². The van der Waals surface area contributed by atoms with E-state index in [9.17, 15) is 0 Å². The van der Waals surface area contributed by atoms with Crippen molar-refractivity contribution in [1.82, 2.24) is 0 Å². The van der Waals surface area contributed by atoms with Gasteiger partial charge in [-0.25, -0.2) is 0 Å². The highest BCUT2D eigenvalue weighted by atomic mass is 14.4. The second-order valence-corrected chi connectivity index (χ2v) is 23.9. The van der Waals surface area contributed by atoms with Gasteiger partial charge >= 0.3 is 0 Å². The molecule has 0 heterocycles. The van der Waals surface area contributed by atoms with E-state index in [0.29, 0.717) is 0 Å². The SMILES string of the molecule is CC1(C)c2ccccc2-c2cc(-c3cc(-c4ccc(-c5ccccc5)cc4-c4ccccc4)c4ccc5c(-c6ccc7c(c6)-c6ccccc6C7(C)C)cc(-c6ccc(-c7ccccc7)cc6-c6ccccc6)c6ccc3c4c56)ccc21. The molecule has 14 aromatic rings. The molecular weight excluding hydrogens is 985 g/mol. The first kappa shape index (κ1) is 48.1. The number of benzene rings is 14. The predicted molar refractivity (Wildman–Crippen MR) is 349 cm³/mol. The van der Waals surface area contributed by atoms with Crippen LogP contribution >= 0.6 is 0 Å². The molecule has 14 aromatic carbocycles. The Morgan fingerprint density at radius 3 is 0.866 bits per heavy atom. The molecule has 0 radical (unpaired) electrons. The molecular formula is C82H58. The zero-order valence-electron chi connectivity index (χ0n) is 46.6. The summed E-state index contributed by atoms with van der Waals surface area (Å²) >= 11 is 0. The van der Waals surface area contributed by atoms with E-state index in [1.54, 1.807) is 0 Å². The van der Waals surface area contributed by atoms with E-state index < -0.39 is 0 Å². The van der Waals surface area contributed by atoms with Crippen molar-refractivity contribution in [3.63, 3.8) is 0 Å². The fraction of sp³-hybridized carbons (Fsp3) is 0.0732. The highest BCUT2D eigenvalue weighted by Gasteiger charge is 2.37. The fourth-order valence-electron chi connectivity index (χ4n) is 14.6. The summed E-state index contributed by atoms with van der Waals surface area (Å²) in [7, 11) is 0. The van der Waals surface area contributed by atoms with Crippen LogP contribution in [0.1, 0.15) is 49.9 Å². The molecule has 0 heteroatoms. The maximum Gasteiger partial charge on any atom is 0.0158 e. The largest absolute Gasteiger partial charge is 0.0622 e. The van der Waals surface area contributed by atoms with Crippen LogP contribution < -0.4 is 0 Å². The quantitative estimate of drug-likeness (QED) is 0.133. The van der Waals surface area contributed by atoms with Crippen molar-refractivity contribution in [2.75, 3.05) is 0 Å². The normalized spacial score (nSPS) is 13.6. The summed E-state index contributed by atoms with van der Waals surface area (Å²) in [6.07, 6.45) is 0. The Labute approximate surface area is 480 Å². The first-order valence-corrected chi connectivity index (χ1v) is 29.0. The first-order chi connectivity index (χ1) is 40.2. The average molecular weight is 1040 g/mol. The van der Waals surface area contributed by atoms with Gasteiger partial charge in [0.25, 0.3) is 0 Å². The second-order valence-electron chi connectivity index (χ2n) is 23.9. The molecule has 2 aliphatic rings. The van der Waals surface area contributed by atoms with Gasteiger partial charge in [0.2, 0.25) is 0 Å². The van der Waals surface area contributed by atoms with Crippen molar-refractivity contribution in [1.29, 1.82) is 0 Å². The van der Waals surface area contributed by atoms with Gasteiger partial charge in [0.1, 0.15) is 0 Å². The number of hydrogen-bond acceptors (Lipinski definition) is 0. The highest BCUT2D eigenvalue weighted by Crippen LogP contribution is 2.55. The van der Waals surface area contributed by atoms with Crippen LogP contribution in [0, 0.1) is 0 Å². The summed E-state index contributed by atoms with van der Waals surface area (Å²) in [5, 5.41) is 7.55. The summed E-state index contributed by atoms with van der Waals surface area (Å²) < 4.78 is 0. The molecule has 386 valence electrons. The lowest BCUT2D eigenvalue weighted by molar-refractivity contribution is 0.660. The monoisotopic (exact) mass is 1040 g/mol. The smallest absolute Gasteiger partial charge is 0.0158 e. The summed E-state index contributed by atoms with van der Waals surface area (Å²) in [5.41, 5.74) is 30.0. The Morgan fingerprint density at radius 2 is 0.476 bits per heavy atom. The number of fused-ring (bicyclic) bond motifs is 6. The Kier molecular flexibility index (Phi) is 10.7. The van der Waals surface area contributed by atoms with Gasteiger partial charge in [0.15, 0.2) is 0 Å². The fourth-order valence-corrected chi connectivity index (χ4v) is 14.6. The molecule has 0 atom stereocenters. The summed E-state index contributed by atoms with van der Waals surface area (Å²) in [6.45, 7) is 9.52. The van der Waals surface area contributed by atoms with Crippen molar-refractivity contribution in [2.45, 2.75) is 38.5 Å². The van der Waals surface area contributed by atoms with Crippen molar-refractivity contribution >= 4 is 32.3 Å². The number of hydrogen-bond donors (Lipinski definition) is 0. The van der Waals surface area contributed by atoms with Crippen LogP contribution in [0.15, 0.2) is 279 Å². The summed E-state index contributed by atoms with van der Waals surface area (Å²) in [5.74, 6) is 0. The van der Waals surface area contributed by atoms with Crippen molar-refractivity contribution in [3.05, 3.63) is 301 Å². The van der Waals surface area contributed by atoms with Crippen molar-refractivity contribution in [3.8, 4) is 111 Å². The van der Waals surface area contributed by atoms with Crippen LogP contribution in [0.3, 0.4) is 0 Å². The molecule has 0 unspecified atom stereocenters. The van der Waals surface area contributed by atoms with E-state index in [-0.39, 0.29) is 10.8 Å². The third-order valence-electron chi connectivity index (χ3n) is 18.7. The molecule has 0 fully saturated rings. The molecule has 0 amide bonds. The lowest BCUT2D eigenvalue weighted by Gasteiger charge is -2.24. The van der Waals surface area contributed by atoms with Crippen LogP contribution in [-0.4, -0.2) is 0 Å². The van der Waals surface area contributed by atoms with Gasteiger partial charge < -0.3 is 0 Å². The van der Waals surface area contributed by atoms with Gasteiger partial charge in [-0.3, -0.25) is 0 Å². The van der Waals surface area contributed by atoms with Crippen molar-refractivity contribution < 1.29 is 0 Å². The molecule has 0 spiro atoms. The third-order valence-corrected chi connectivity index (χ3v) is 18.7. The zero-order valence-corrected chi connectivity index (χ0v) is 46.6. The molecule has 0 saturated carbocycles.